The van der Waals surface area contributed by atoms with Crippen LogP contribution < -0.4 is 23.9 Å². The van der Waals surface area contributed by atoms with Gasteiger partial charge >= 0.3 is 0 Å². The van der Waals surface area contributed by atoms with Crippen LogP contribution in [0.1, 0.15) is 11.1 Å². The molecule has 0 atom stereocenters. The van der Waals surface area contributed by atoms with Gasteiger partial charge in [0.05, 0.1) is 37.3 Å². The number of nitrogens with one attached hydrogen (secondary N) is 1. The van der Waals surface area contributed by atoms with Crippen molar-refractivity contribution in [2.45, 2.75) is 6.61 Å². The monoisotopic (exact) mass is 542 g/mol. The maximum Gasteiger partial charge on any atom is 0.269 e. The zero-order valence-electron chi connectivity index (χ0n) is 20.9. The number of nitro groups is 1. The van der Waals surface area contributed by atoms with Gasteiger partial charge in [-0.05, 0) is 59.7 Å². The first kappa shape index (κ1) is 27.9. The van der Waals surface area contributed by atoms with Crippen molar-refractivity contribution in [3.8, 4) is 17.2 Å². The number of hydrazone groups is 1. The Morgan fingerprint density at radius 3 is 2.26 bits per heavy atom. The SMILES string of the molecule is COc1ccc(OC)c(N(CC(=O)N/N=C\c2ccc(OCc3ccc([N+](=O)[O-])cc3)cc2)S(C)(=O)=O)c1. The van der Waals surface area contributed by atoms with Crippen molar-refractivity contribution >= 4 is 33.5 Å². The highest BCUT2D eigenvalue weighted by Gasteiger charge is 2.24. The quantitative estimate of drug-likeness (QED) is 0.208. The highest BCUT2D eigenvalue weighted by molar-refractivity contribution is 7.92. The minimum atomic E-state index is -3.84. The van der Waals surface area contributed by atoms with Crippen LogP contribution in [-0.4, -0.2) is 52.5 Å². The predicted molar refractivity (Wildman–Crippen MR) is 141 cm³/mol. The van der Waals surface area contributed by atoms with Crippen molar-refractivity contribution in [2.75, 3.05) is 31.3 Å². The molecule has 3 aromatic rings. The number of nitro benzene ring substituents is 1. The molecular formula is C25H26N4O8S. The molecule has 1 N–H and O–H groups in total. The van der Waals surface area contributed by atoms with Gasteiger partial charge in [0.25, 0.3) is 11.6 Å². The van der Waals surface area contributed by atoms with Gasteiger partial charge in [0.1, 0.15) is 30.4 Å². The molecule has 0 aliphatic rings. The molecular weight excluding hydrogens is 516 g/mol. The van der Waals surface area contributed by atoms with E-state index in [-0.39, 0.29) is 23.7 Å². The van der Waals surface area contributed by atoms with Crippen molar-refractivity contribution in [2.24, 2.45) is 5.10 Å². The number of carbonyl (C=O) groups is 1. The number of hydrogen-bond donors (Lipinski definition) is 1. The standard InChI is InChI=1S/C25H26N4O8S/c1-35-22-12-13-24(36-2)23(14-22)28(38(3,33)34)16-25(30)27-26-15-18-6-10-21(11-7-18)37-17-19-4-8-20(9-5-19)29(31)32/h4-15H,16-17H2,1-3H3,(H,27,30)/b26-15-. The molecule has 0 aromatic heterocycles. The normalized spacial score (nSPS) is 11.1. The Labute approximate surface area is 219 Å². The average molecular weight is 543 g/mol. The van der Waals surface area contributed by atoms with Gasteiger partial charge in [0.15, 0.2) is 0 Å². The smallest absolute Gasteiger partial charge is 0.269 e. The summed E-state index contributed by atoms with van der Waals surface area (Å²) in [5.74, 6) is 0.552. The highest BCUT2D eigenvalue weighted by Crippen LogP contribution is 2.33. The van der Waals surface area contributed by atoms with Crippen molar-refractivity contribution in [1.82, 2.24) is 5.43 Å². The molecule has 0 saturated carbocycles. The van der Waals surface area contributed by atoms with E-state index in [2.05, 4.69) is 10.5 Å². The van der Waals surface area contributed by atoms with E-state index in [0.29, 0.717) is 17.1 Å². The molecule has 0 aliphatic carbocycles. The molecule has 12 nitrogen and oxygen atoms in total. The van der Waals surface area contributed by atoms with Crippen LogP contribution in [0.3, 0.4) is 0 Å². The summed E-state index contributed by atoms with van der Waals surface area (Å²) in [5, 5.41) is 14.6. The summed E-state index contributed by atoms with van der Waals surface area (Å²) in [6.45, 7) is -0.300. The second-order valence-electron chi connectivity index (χ2n) is 7.88. The molecule has 0 heterocycles. The first-order valence-corrected chi connectivity index (χ1v) is 12.9. The number of ether oxygens (including phenoxy) is 3. The van der Waals surface area contributed by atoms with E-state index in [0.717, 1.165) is 16.1 Å². The Morgan fingerprint density at radius 2 is 1.68 bits per heavy atom. The van der Waals surface area contributed by atoms with Crippen LogP contribution in [0, 0.1) is 10.1 Å². The molecule has 0 unspecified atom stereocenters. The predicted octanol–water partition coefficient (Wildman–Crippen LogP) is 3.11. The van der Waals surface area contributed by atoms with Crippen LogP contribution in [0.25, 0.3) is 0 Å². The summed E-state index contributed by atoms with van der Waals surface area (Å²) in [6.07, 6.45) is 2.38. The maximum absolute atomic E-state index is 12.5. The van der Waals surface area contributed by atoms with Crippen molar-refractivity contribution in [1.29, 1.82) is 0 Å². The highest BCUT2D eigenvalue weighted by atomic mass is 32.2. The van der Waals surface area contributed by atoms with Gasteiger partial charge < -0.3 is 14.2 Å². The number of carbonyl (C=O) groups excluding carboxylic acids is 1. The Morgan fingerprint density at radius 1 is 1.03 bits per heavy atom. The molecule has 0 radical (unpaired) electrons. The van der Waals surface area contributed by atoms with E-state index in [1.165, 1.54) is 38.6 Å². The van der Waals surface area contributed by atoms with Crippen LogP contribution in [0.4, 0.5) is 11.4 Å². The molecule has 0 bridgehead atoms. The van der Waals surface area contributed by atoms with Gasteiger partial charge in [0.2, 0.25) is 10.0 Å². The zero-order chi connectivity index (χ0) is 27.7. The lowest BCUT2D eigenvalue weighted by atomic mass is 10.2. The van der Waals surface area contributed by atoms with Crippen molar-refractivity contribution in [3.05, 3.63) is 88.0 Å². The minimum Gasteiger partial charge on any atom is -0.497 e. The number of hydrogen-bond acceptors (Lipinski definition) is 9. The molecule has 0 saturated heterocycles. The molecule has 3 aromatic carbocycles. The second-order valence-corrected chi connectivity index (χ2v) is 9.79. The topological polar surface area (TPSA) is 150 Å². The van der Waals surface area contributed by atoms with E-state index >= 15 is 0 Å². The second kappa shape index (κ2) is 12.5. The number of nitrogens with zero attached hydrogens (tertiary/aromatic N) is 3. The van der Waals surface area contributed by atoms with Crippen LogP contribution in [0.2, 0.25) is 0 Å². The summed E-state index contributed by atoms with van der Waals surface area (Å²) in [7, 11) is -1.01. The van der Waals surface area contributed by atoms with E-state index in [9.17, 15) is 23.3 Å². The summed E-state index contributed by atoms with van der Waals surface area (Å²) in [5.41, 5.74) is 3.91. The third kappa shape index (κ3) is 7.67. The molecule has 0 fully saturated rings. The Kier molecular flexibility index (Phi) is 9.22. The van der Waals surface area contributed by atoms with Crippen molar-refractivity contribution < 1.29 is 32.3 Å². The number of rotatable bonds is 12. The third-order valence-corrected chi connectivity index (χ3v) is 6.30. The number of sulfonamides is 1. The average Bonchev–Trinajstić information content (AvgIpc) is 2.90. The third-order valence-electron chi connectivity index (χ3n) is 5.18. The fourth-order valence-electron chi connectivity index (χ4n) is 3.25. The van der Waals surface area contributed by atoms with E-state index in [1.807, 2.05) is 0 Å². The van der Waals surface area contributed by atoms with Crippen LogP contribution >= 0.6 is 0 Å². The summed E-state index contributed by atoms with van der Waals surface area (Å²) in [4.78, 5) is 22.8. The first-order valence-electron chi connectivity index (χ1n) is 11.1. The van der Waals surface area contributed by atoms with E-state index < -0.39 is 27.4 Å². The van der Waals surface area contributed by atoms with E-state index in [4.69, 9.17) is 14.2 Å². The largest absolute Gasteiger partial charge is 0.497 e. The van der Waals surface area contributed by atoms with Gasteiger partial charge in [-0.2, -0.15) is 5.10 Å². The number of amides is 1. The van der Waals surface area contributed by atoms with E-state index in [1.54, 1.807) is 48.5 Å². The van der Waals surface area contributed by atoms with Crippen LogP contribution in [0.15, 0.2) is 71.8 Å². The lowest BCUT2D eigenvalue weighted by Crippen LogP contribution is -2.39. The Bertz CT molecular complexity index is 1410. The summed E-state index contributed by atoms with van der Waals surface area (Å²) < 4.78 is 41.8. The lowest BCUT2D eigenvalue weighted by Gasteiger charge is -2.23. The molecule has 1 amide bonds. The van der Waals surface area contributed by atoms with Gasteiger partial charge in [-0.15, -0.1) is 0 Å². The molecule has 200 valence electrons. The number of non-ortho nitro benzene ring substituents is 1. The number of anilines is 1. The zero-order valence-corrected chi connectivity index (χ0v) is 21.7. The van der Waals surface area contributed by atoms with Crippen molar-refractivity contribution in [3.63, 3.8) is 0 Å². The molecule has 0 aliphatic heterocycles. The number of methoxy groups -OCH3 is 2. The summed E-state index contributed by atoms with van der Waals surface area (Å²) in [6, 6.07) is 17.5. The van der Waals surface area contributed by atoms with Gasteiger partial charge in [-0.1, -0.05) is 0 Å². The Hall–Kier alpha value is -4.65. The fourth-order valence-corrected chi connectivity index (χ4v) is 4.10. The summed E-state index contributed by atoms with van der Waals surface area (Å²) >= 11 is 0. The van der Waals surface area contributed by atoms with Crippen LogP contribution in [-0.2, 0) is 21.4 Å². The molecule has 3 rings (SSSR count). The van der Waals surface area contributed by atoms with Crippen LogP contribution in [0.5, 0.6) is 17.2 Å². The van der Waals surface area contributed by atoms with Gasteiger partial charge in [-0.3, -0.25) is 19.2 Å². The Balaban J connectivity index is 1.58. The molecule has 0 spiro atoms. The fraction of sp³-hybridized carbons (Fsp3) is 0.200. The first-order chi connectivity index (χ1) is 18.1. The molecule has 13 heteroatoms. The van der Waals surface area contributed by atoms with Gasteiger partial charge in [0, 0.05) is 18.2 Å². The molecule has 38 heavy (non-hydrogen) atoms. The maximum atomic E-state index is 12.5. The van der Waals surface area contributed by atoms with Gasteiger partial charge in [-0.25, -0.2) is 13.8 Å². The number of benzene rings is 3. The minimum absolute atomic E-state index is 0.00790. The lowest BCUT2D eigenvalue weighted by molar-refractivity contribution is -0.384.